The number of sulfonamides is 1. The molecule has 0 spiro atoms. The molecule has 1 atom stereocenters. The lowest BCUT2D eigenvalue weighted by Crippen LogP contribution is -2.54. The maximum absolute atomic E-state index is 14.3. The van der Waals surface area contributed by atoms with Crippen LogP contribution in [0.5, 0.6) is 0 Å². The van der Waals surface area contributed by atoms with Gasteiger partial charge >= 0.3 is 0 Å². The molecule has 3 aromatic rings. The molecule has 0 heterocycles. The van der Waals surface area contributed by atoms with Crippen molar-refractivity contribution >= 4 is 27.5 Å². The van der Waals surface area contributed by atoms with Crippen LogP contribution in [0.4, 0.5) is 5.69 Å². The fraction of sp³-hybridized carbons (Fsp3) is 0.412. The molecule has 1 saturated carbocycles. The Kier molecular flexibility index (Phi) is 10.4. The highest BCUT2D eigenvalue weighted by molar-refractivity contribution is 7.92. The third-order valence-corrected chi connectivity index (χ3v) is 9.90. The Labute approximate surface area is 251 Å². The van der Waals surface area contributed by atoms with Crippen LogP contribution in [-0.4, -0.2) is 43.8 Å². The number of amides is 2. The van der Waals surface area contributed by atoms with E-state index in [4.69, 9.17) is 0 Å². The van der Waals surface area contributed by atoms with Gasteiger partial charge in [-0.3, -0.25) is 13.9 Å². The lowest BCUT2D eigenvalue weighted by Gasteiger charge is -2.34. The molecule has 4 rings (SSSR count). The number of rotatable bonds is 11. The Morgan fingerprint density at radius 1 is 0.881 bits per heavy atom. The van der Waals surface area contributed by atoms with E-state index in [9.17, 15) is 18.0 Å². The van der Waals surface area contributed by atoms with Crippen LogP contribution in [0.3, 0.4) is 0 Å². The number of carbonyl (C=O) groups is 2. The van der Waals surface area contributed by atoms with E-state index in [-0.39, 0.29) is 23.4 Å². The summed E-state index contributed by atoms with van der Waals surface area (Å²) in [6.07, 6.45) is 5.61. The summed E-state index contributed by atoms with van der Waals surface area (Å²) in [7, 11) is -4.09. The fourth-order valence-electron chi connectivity index (χ4n) is 5.58. The van der Waals surface area contributed by atoms with Crippen LogP contribution < -0.4 is 9.62 Å². The van der Waals surface area contributed by atoms with Crippen molar-refractivity contribution in [1.29, 1.82) is 0 Å². The molecule has 1 fully saturated rings. The first-order valence-electron chi connectivity index (χ1n) is 14.9. The van der Waals surface area contributed by atoms with Gasteiger partial charge in [0, 0.05) is 12.6 Å². The molecule has 42 heavy (non-hydrogen) atoms. The molecule has 224 valence electrons. The molecule has 1 aliphatic rings. The van der Waals surface area contributed by atoms with Crippen molar-refractivity contribution in [3.8, 4) is 0 Å². The van der Waals surface area contributed by atoms with Crippen LogP contribution >= 0.6 is 0 Å². The summed E-state index contributed by atoms with van der Waals surface area (Å²) < 4.78 is 29.2. The summed E-state index contributed by atoms with van der Waals surface area (Å²) in [5.74, 6) is -0.615. The van der Waals surface area contributed by atoms with Gasteiger partial charge in [-0.05, 0) is 81.0 Å². The van der Waals surface area contributed by atoms with Crippen LogP contribution in [0.25, 0.3) is 0 Å². The molecule has 3 aromatic carbocycles. The maximum Gasteiger partial charge on any atom is 0.264 e. The van der Waals surface area contributed by atoms with Gasteiger partial charge in [-0.1, -0.05) is 80.3 Å². The van der Waals surface area contributed by atoms with E-state index in [0.29, 0.717) is 12.1 Å². The average molecular weight is 590 g/mol. The lowest BCUT2D eigenvalue weighted by atomic mass is 9.95. The van der Waals surface area contributed by atoms with Crippen molar-refractivity contribution in [2.75, 3.05) is 10.8 Å². The van der Waals surface area contributed by atoms with Crippen molar-refractivity contribution in [1.82, 2.24) is 10.2 Å². The smallest absolute Gasteiger partial charge is 0.264 e. The summed E-state index contributed by atoms with van der Waals surface area (Å²) in [6, 6.07) is 20.9. The molecular formula is C34H43N3O4S. The highest BCUT2D eigenvalue weighted by Crippen LogP contribution is 2.26. The summed E-state index contributed by atoms with van der Waals surface area (Å²) in [5.41, 5.74) is 4.13. The second kappa shape index (κ2) is 14.0. The third kappa shape index (κ3) is 7.59. The van der Waals surface area contributed by atoms with Crippen LogP contribution in [0.1, 0.15) is 67.7 Å². The van der Waals surface area contributed by atoms with E-state index in [1.165, 1.54) is 10.7 Å². The molecule has 2 amide bonds. The molecule has 8 heteroatoms. The van der Waals surface area contributed by atoms with Crippen LogP contribution in [0.2, 0.25) is 0 Å². The summed E-state index contributed by atoms with van der Waals surface area (Å²) >= 11 is 0. The lowest BCUT2D eigenvalue weighted by molar-refractivity contribution is -0.140. The predicted octanol–water partition coefficient (Wildman–Crippen LogP) is 6.06. The van der Waals surface area contributed by atoms with Gasteiger partial charge in [-0.25, -0.2) is 8.42 Å². The minimum atomic E-state index is -4.09. The summed E-state index contributed by atoms with van der Waals surface area (Å²) in [5, 5.41) is 3.19. The Hall–Kier alpha value is -3.65. The van der Waals surface area contributed by atoms with Gasteiger partial charge in [0.05, 0.1) is 10.6 Å². The van der Waals surface area contributed by atoms with E-state index >= 15 is 0 Å². The molecule has 0 aliphatic heterocycles. The molecule has 0 saturated heterocycles. The first-order chi connectivity index (χ1) is 20.1. The number of aryl methyl sites for hydroxylation is 3. The molecule has 1 N–H and O–H groups in total. The number of nitrogens with one attached hydrogen (secondary N) is 1. The molecule has 0 radical (unpaired) electrons. The van der Waals surface area contributed by atoms with E-state index in [1.807, 2.05) is 58.0 Å². The van der Waals surface area contributed by atoms with Crippen molar-refractivity contribution in [2.45, 2.75) is 89.7 Å². The van der Waals surface area contributed by atoms with E-state index in [1.54, 1.807) is 47.4 Å². The summed E-state index contributed by atoms with van der Waals surface area (Å²) in [6.45, 7) is 7.42. The molecule has 1 aliphatic carbocycles. The summed E-state index contributed by atoms with van der Waals surface area (Å²) in [4.78, 5) is 29.6. The van der Waals surface area contributed by atoms with Crippen LogP contribution in [-0.2, 0) is 26.2 Å². The van der Waals surface area contributed by atoms with Gasteiger partial charge in [-0.15, -0.1) is 0 Å². The van der Waals surface area contributed by atoms with Crippen molar-refractivity contribution in [2.24, 2.45) is 0 Å². The molecule has 7 nitrogen and oxygen atoms in total. The zero-order chi connectivity index (χ0) is 30.3. The number of anilines is 1. The van der Waals surface area contributed by atoms with Gasteiger partial charge in [0.1, 0.15) is 12.6 Å². The Balaban J connectivity index is 1.71. The standard InChI is InChI=1S/C34H43N3O4S/c1-5-32(34(39)35-29-15-7-6-8-16-29)36(23-28-14-10-9-13-27(28)4)33(38)24-37(30-17-11-12-26(3)22-30)42(40,41)31-20-18-25(2)19-21-31/h9-14,17-22,29,32H,5-8,15-16,23-24H2,1-4H3,(H,35,39). The quantitative estimate of drug-likeness (QED) is 0.294. The Bertz CT molecular complexity index is 1480. The zero-order valence-corrected chi connectivity index (χ0v) is 26.0. The number of hydrogen-bond donors (Lipinski definition) is 1. The molecular weight excluding hydrogens is 546 g/mol. The number of hydrogen-bond acceptors (Lipinski definition) is 4. The fourth-order valence-corrected chi connectivity index (χ4v) is 6.99. The van der Waals surface area contributed by atoms with Crippen LogP contribution in [0, 0.1) is 20.8 Å². The largest absolute Gasteiger partial charge is 0.352 e. The van der Waals surface area contributed by atoms with Crippen LogP contribution in [0.15, 0.2) is 77.7 Å². The average Bonchev–Trinajstić information content (AvgIpc) is 2.97. The predicted molar refractivity (Wildman–Crippen MR) is 168 cm³/mol. The van der Waals surface area contributed by atoms with Gasteiger partial charge in [0.15, 0.2) is 0 Å². The van der Waals surface area contributed by atoms with Crippen molar-refractivity contribution < 1.29 is 18.0 Å². The third-order valence-electron chi connectivity index (χ3n) is 8.12. The van der Waals surface area contributed by atoms with E-state index in [0.717, 1.165) is 47.9 Å². The monoisotopic (exact) mass is 589 g/mol. The van der Waals surface area contributed by atoms with Gasteiger partial charge in [0.25, 0.3) is 10.0 Å². The highest BCUT2D eigenvalue weighted by atomic mass is 32.2. The highest BCUT2D eigenvalue weighted by Gasteiger charge is 2.34. The van der Waals surface area contributed by atoms with Crippen molar-refractivity contribution in [3.05, 3.63) is 95.1 Å². The SMILES string of the molecule is CCC(C(=O)NC1CCCCC1)N(Cc1ccccc1C)C(=O)CN(c1cccc(C)c1)S(=O)(=O)c1ccc(C)cc1. The topological polar surface area (TPSA) is 86.8 Å². The maximum atomic E-state index is 14.3. The Morgan fingerprint density at radius 2 is 1.57 bits per heavy atom. The Morgan fingerprint density at radius 3 is 2.21 bits per heavy atom. The minimum absolute atomic E-state index is 0.0985. The normalized spacial score (nSPS) is 14.7. The van der Waals surface area contributed by atoms with Gasteiger partial charge in [-0.2, -0.15) is 0 Å². The minimum Gasteiger partial charge on any atom is -0.352 e. The number of carbonyl (C=O) groups excluding carboxylic acids is 2. The van der Waals surface area contributed by atoms with E-state index < -0.39 is 28.5 Å². The number of nitrogens with zero attached hydrogens (tertiary/aromatic N) is 2. The molecule has 0 bridgehead atoms. The first kappa shape index (κ1) is 31.3. The zero-order valence-electron chi connectivity index (χ0n) is 25.2. The molecule has 1 unspecified atom stereocenters. The molecule has 0 aromatic heterocycles. The van der Waals surface area contributed by atoms with Gasteiger partial charge in [0.2, 0.25) is 11.8 Å². The first-order valence-corrected chi connectivity index (χ1v) is 16.3. The second-order valence-electron chi connectivity index (χ2n) is 11.4. The second-order valence-corrected chi connectivity index (χ2v) is 13.2. The van der Waals surface area contributed by atoms with Gasteiger partial charge < -0.3 is 10.2 Å². The van der Waals surface area contributed by atoms with E-state index in [2.05, 4.69) is 5.32 Å². The number of benzene rings is 3. The van der Waals surface area contributed by atoms with Crippen molar-refractivity contribution in [3.63, 3.8) is 0 Å².